The van der Waals surface area contributed by atoms with Crippen LogP contribution >= 0.6 is 15.9 Å². The molecule has 1 aromatic carbocycles. The van der Waals surface area contributed by atoms with Gasteiger partial charge in [-0.15, -0.1) is 0 Å². The Morgan fingerprint density at radius 3 is 2.57 bits per heavy atom. The van der Waals surface area contributed by atoms with E-state index in [4.69, 9.17) is 4.98 Å². The van der Waals surface area contributed by atoms with Gasteiger partial charge in [-0.05, 0) is 54.0 Å². The molecule has 0 bridgehead atoms. The lowest BCUT2D eigenvalue weighted by atomic mass is 9.98. The van der Waals surface area contributed by atoms with Gasteiger partial charge in [0.25, 0.3) is 0 Å². The van der Waals surface area contributed by atoms with Gasteiger partial charge in [-0.25, -0.2) is 9.37 Å². The first-order chi connectivity index (χ1) is 10.9. The Morgan fingerprint density at radius 1 is 1.30 bits per heavy atom. The highest BCUT2D eigenvalue weighted by molar-refractivity contribution is 9.10. The van der Waals surface area contributed by atoms with Crippen LogP contribution in [0.2, 0.25) is 0 Å². The molecule has 4 nitrogen and oxygen atoms in total. The van der Waals surface area contributed by atoms with Crippen LogP contribution in [0.25, 0.3) is 11.3 Å². The van der Waals surface area contributed by atoms with E-state index in [9.17, 15) is 9.18 Å². The Hall–Kier alpha value is -1.69. The van der Waals surface area contributed by atoms with Gasteiger partial charge >= 0.3 is 0 Å². The van der Waals surface area contributed by atoms with Gasteiger partial charge in [0.05, 0.1) is 5.54 Å². The average Bonchev–Trinajstić information content (AvgIpc) is 2.86. The maximum atomic E-state index is 13.2. The third-order valence-electron chi connectivity index (χ3n) is 4.40. The predicted octanol–water partition coefficient (Wildman–Crippen LogP) is 3.94. The topological polar surface area (TPSA) is 38.1 Å². The third kappa shape index (κ3) is 2.59. The van der Waals surface area contributed by atoms with Gasteiger partial charge in [0.2, 0.25) is 5.91 Å². The summed E-state index contributed by atoms with van der Waals surface area (Å²) in [5.74, 6) is 0.703. The fraction of sp³-hybridized carbons (Fsp3) is 0.412. The zero-order valence-electron chi connectivity index (χ0n) is 13.4. The first kappa shape index (κ1) is 16.2. The van der Waals surface area contributed by atoms with Crippen molar-refractivity contribution in [3.8, 4) is 11.3 Å². The van der Waals surface area contributed by atoms with Crippen LogP contribution in [0.5, 0.6) is 0 Å². The molecule has 23 heavy (non-hydrogen) atoms. The lowest BCUT2D eigenvalue weighted by Crippen LogP contribution is -2.51. The zero-order chi connectivity index (χ0) is 16.8. The van der Waals surface area contributed by atoms with E-state index in [0.717, 1.165) is 21.7 Å². The Bertz CT molecular complexity index is 752. The summed E-state index contributed by atoms with van der Waals surface area (Å²) in [5, 5.41) is 0. The van der Waals surface area contributed by atoms with Gasteiger partial charge in [0.1, 0.15) is 21.9 Å². The Morgan fingerprint density at radius 2 is 1.96 bits per heavy atom. The van der Waals surface area contributed by atoms with Crippen molar-refractivity contribution in [2.75, 3.05) is 6.54 Å². The Kier molecular flexibility index (Phi) is 4.04. The number of nitrogens with zero attached hydrogens (tertiary/aromatic N) is 3. The van der Waals surface area contributed by atoms with Crippen LogP contribution in [0.4, 0.5) is 4.39 Å². The summed E-state index contributed by atoms with van der Waals surface area (Å²) in [6, 6.07) is 6.29. The summed E-state index contributed by atoms with van der Waals surface area (Å²) in [6.07, 6.45) is 0.482. The summed E-state index contributed by atoms with van der Waals surface area (Å²) < 4.78 is 16.1. The molecular weight excluding hydrogens is 361 g/mol. The van der Waals surface area contributed by atoms with Gasteiger partial charge < -0.3 is 9.47 Å². The molecule has 0 radical (unpaired) electrons. The molecule has 2 aromatic rings. The smallest absolute Gasteiger partial charge is 0.223 e. The molecule has 0 saturated carbocycles. The molecule has 0 spiro atoms. The van der Waals surface area contributed by atoms with Crippen molar-refractivity contribution in [3.63, 3.8) is 0 Å². The number of carbonyl (C=O) groups is 1. The number of aromatic nitrogens is 2. The molecule has 2 heterocycles. The minimum absolute atomic E-state index is 0.128. The second-order valence-corrected chi connectivity index (χ2v) is 6.94. The van der Waals surface area contributed by atoms with E-state index in [1.165, 1.54) is 12.1 Å². The summed E-state index contributed by atoms with van der Waals surface area (Å²) in [7, 11) is 0. The van der Waals surface area contributed by atoms with Crippen molar-refractivity contribution in [1.82, 2.24) is 14.5 Å². The van der Waals surface area contributed by atoms with Gasteiger partial charge in [-0.1, -0.05) is 6.92 Å². The van der Waals surface area contributed by atoms with Gasteiger partial charge in [-0.2, -0.15) is 0 Å². The van der Waals surface area contributed by atoms with Crippen molar-refractivity contribution in [2.45, 2.75) is 39.3 Å². The number of carbonyl (C=O) groups excluding carboxylic acids is 1. The minimum atomic E-state index is -0.480. The van der Waals surface area contributed by atoms with Crippen LogP contribution in [0.15, 0.2) is 28.9 Å². The fourth-order valence-electron chi connectivity index (χ4n) is 3.12. The predicted molar refractivity (Wildman–Crippen MR) is 90.4 cm³/mol. The highest BCUT2D eigenvalue weighted by atomic mass is 79.9. The number of hydrogen-bond donors (Lipinski definition) is 0. The second kappa shape index (κ2) is 5.74. The summed E-state index contributed by atoms with van der Waals surface area (Å²) in [5.41, 5.74) is 1.15. The van der Waals surface area contributed by atoms with E-state index in [0.29, 0.717) is 19.5 Å². The van der Waals surface area contributed by atoms with Crippen LogP contribution < -0.4 is 0 Å². The average molecular weight is 380 g/mol. The number of rotatable bonds is 2. The molecule has 1 amide bonds. The van der Waals surface area contributed by atoms with E-state index < -0.39 is 5.54 Å². The Labute approximate surface area is 143 Å². The summed E-state index contributed by atoms with van der Waals surface area (Å²) in [4.78, 5) is 18.9. The van der Waals surface area contributed by atoms with Crippen LogP contribution in [0.1, 0.15) is 33.0 Å². The van der Waals surface area contributed by atoms with Crippen LogP contribution in [-0.2, 0) is 16.9 Å². The molecule has 0 unspecified atom stereocenters. The molecule has 0 aliphatic carbocycles. The number of amides is 1. The fourth-order valence-corrected chi connectivity index (χ4v) is 3.79. The van der Waals surface area contributed by atoms with Crippen LogP contribution in [-0.4, -0.2) is 26.9 Å². The number of imidazole rings is 1. The van der Waals surface area contributed by atoms with Crippen LogP contribution in [0.3, 0.4) is 0 Å². The lowest BCUT2D eigenvalue weighted by Gasteiger charge is -2.42. The van der Waals surface area contributed by atoms with Crippen molar-refractivity contribution in [2.24, 2.45) is 0 Å². The SMILES string of the molecule is CCC(=O)N1CCn2c(nc(-c3ccc(F)cc3)c2Br)C1(C)C. The molecule has 6 heteroatoms. The van der Waals surface area contributed by atoms with Crippen LogP contribution in [0, 0.1) is 5.82 Å². The lowest BCUT2D eigenvalue weighted by molar-refractivity contribution is -0.138. The minimum Gasteiger partial charge on any atom is -0.329 e. The van der Waals surface area contributed by atoms with Gasteiger partial charge in [-0.3, -0.25) is 4.79 Å². The van der Waals surface area contributed by atoms with Crippen molar-refractivity contribution >= 4 is 21.8 Å². The third-order valence-corrected chi connectivity index (χ3v) is 5.20. The molecule has 1 aliphatic rings. The van der Waals surface area contributed by atoms with Gasteiger partial charge in [0.15, 0.2) is 0 Å². The maximum absolute atomic E-state index is 13.2. The quantitative estimate of drug-likeness (QED) is 0.792. The molecule has 0 N–H and O–H groups in total. The molecule has 122 valence electrons. The molecule has 3 rings (SSSR count). The number of benzene rings is 1. The highest BCUT2D eigenvalue weighted by Crippen LogP contribution is 2.38. The first-order valence-corrected chi connectivity index (χ1v) is 8.48. The maximum Gasteiger partial charge on any atom is 0.223 e. The second-order valence-electron chi connectivity index (χ2n) is 6.19. The van der Waals surface area contributed by atoms with Crippen molar-refractivity contribution in [3.05, 3.63) is 40.5 Å². The van der Waals surface area contributed by atoms with Crippen molar-refractivity contribution in [1.29, 1.82) is 0 Å². The summed E-state index contributed by atoms with van der Waals surface area (Å²) in [6.45, 7) is 7.25. The molecule has 1 aliphatic heterocycles. The van der Waals surface area contributed by atoms with E-state index >= 15 is 0 Å². The van der Waals surface area contributed by atoms with E-state index in [1.54, 1.807) is 12.1 Å². The normalized spacial score (nSPS) is 16.3. The van der Waals surface area contributed by atoms with Crippen molar-refractivity contribution < 1.29 is 9.18 Å². The zero-order valence-corrected chi connectivity index (χ0v) is 15.0. The van der Waals surface area contributed by atoms with E-state index in [-0.39, 0.29) is 11.7 Å². The number of fused-ring (bicyclic) bond motifs is 1. The molecular formula is C17H19BrFN3O. The first-order valence-electron chi connectivity index (χ1n) is 7.69. The molecule has 0 saturated heterocycles. The number of hydrogen-bond acceptors (Lipinski definition) is 2. The summed E-state index contributed by atoms with van der Waals surface area (Å²) >= 11 is 3.62. The number of halogens is 2. The standard InChI is InChI=1S/C17H19BrFN3O/c1-4-13(23)22-10-9-21-15(18)14(20-16(21)17(22,2)3)11-5-7-12(19)8-6-11/h5-8H,4,9-10H2,1-3H3. The van der Waals surface area contributed by atoms with Gasteiger partial charge in [0, 0.05) is 25.1 Å². The molecule has 0 fully saturated rings. The van der Waals surface area contributed by atoms with E-state index in [2.05, 4.69) is 20.5 Å². The largest absolute Gasteiger partial charge is 0.329 e. The van der Waals surface area contributed by atoms with E-state index in [1.807, 2.05) is 25.7 Å². The molecule has 1 aromatic heterocycles. The highest BCUT2D eigenvalue weighted by Gasteiger charge is 2.40. The Balaban J connectivity index is 2.09. The monoisotopic (exact) mass is 379 g/mol. The molecule has 0 atom stereocenters.